The number of phenolic OH excluding ortho intramolecular Hbond substituents is 1. The fourth-order valence-corrected chi connectivity index (χ4v) is 9.16. The summed E-state index contributed by atoms with van der Waals surface area (Å²) in [5.41, 5.74) is 7.15. The molecule has 3 amide bonds. The summed E-state index contributed by atoms with van der Waals surface area (Å²) < 4.78 is 21.0. The molecule has 8 nitrogen and oxygen atoms in total. The second-order valence-electron chi connectivity index (χ2n) is 15.1. The maximum absolute atomic E-state index is 14.8. The Kier molecular flexibility index (Phi) is 10.0. The Bertz CT molecular complexity index is 1990. The van der Waals surface area contributed by atoms with Crippen LogP contribution in [0.4, 0.5) is 4.39 Å². The number of rotatable bonds is 10. The van der Waals surface area contributed by atoms with Gasteiger partial charge in [-0.15, -0.1) is 0 Å². The number of unbranched alkanes of at least 4 members (excludes halogenated alkanes) is 1. The van der Waals surface area contributed by atoms with Crippen molar-refractivity contribution in [3.63, 3.8) is 0 Å². The lowest BCUT2D eigenvalue weighted by molar-refractivity contribution is -0.136. The highest BCUT2D eigenvalue weighted by molar-refractivity contribution is 6.05. The molecule has 0 aromatic heterocycles. The van der Waals surface area contributed by atoms with E-state index in [1.807, 2.05) is 6.07 Å². The number of hydrogen-bond donors (Lipinski definition) is 2. The van der Waals surface area contributed by atoms with Gasteiger partial charge in [0.25, 0.3) is 5.91 Å². The molecule has 0 bridgehead atoms. The number of nitrogens with zero attached hydrogens (tertiary/aromatic N) is 2. The van der Waals surface area contributed by atoms with Gasteiger partial charge >= 0.3 is 0 Å². The number of hydrogen-bond acceptors (Lipinski definition) is 6. The van der Waals surface area contributed by atoms with Gasteiger partial charge in [-0.3, -0.25) is 19.7 Å². The maximum Gasteiger partial charge on any atom is 0.255 e. The van der Waals surface area contributed by atoms with Crippen molar-refractivity contribution < 1.29 is 28.6 Å². The molecule has 4 aromatic carbocycles. The van der Waals surface area contributed by atoms with Crippen LogP contribution in [0.5, 0.6) is 11.5 Å². The highest BCUT2D eigenvalue weighted by Crippen LogP contribution is 2.47. The number of amides is 3. The number of piperidine rings is 2. The van der Waals surface area contributed by atoms with Crippen molar-refractivity contribution in [1.82, 2.24) is 15.1 Å². The number of fused-ring (bicyclic) bond motifs is 2. The number of aryl methyl sites for hydroxylation is 1. The van der Waals surface area contributed by atoms with Crippen LogP contribution in [0.2, 0.25) is 0 Å². The number of carbonyl (C=O) groups is 3. The van der Waals surface area contributed by atoms with Crippen LogP contribution >= 0.6 is 0 Å². The van der Waals surface area contributed by atoms with Crippen LogP contribution in [-0.4, -0.2) is 64.9 Å². The minimum absolute atomic E-state index is 0.147. The lowest BCUT2D eigenvalue weighted by Crippen LogP contribution is -2.52. The molecule has 9 heteroatoms. The van der Waals surface area contributed by atoms with Crippen molar-refractivity contribution in [2.45, 2.75) is 81.7 Å². The van der Waals surface area contributed by atoms with Crippen LogP contribution in [-0.2, 0) is 22.6 Å². The molecule has 3 heterocycles. The molecule has 53 heavy (non-hydrogen) atoms. The molecule has 1 aliphatic carbocycles. The fraction of sp³-hybridized carbons (Fsp3) is 0.386. The monoisotopic (exact) mass is 715 g/mol. The van der Waals surface area contributed by atoms with Crippen molar-refractivity contribution in [2.75, 3.05) is 26.2 Å². The largest absolute Gasteiger partial charge is 0.508 e. The summed E-state index contributed by atoms with van der Waals surface area (Å²) >= 11 is 0. The summed E-state index contributed by atoms with van der Waals surface area (Å²) in [6, 6.07) is 27.3. The number of aromatic hydroxyl groups is 1. The van der Waals surface area contributed by atoms with Gasteiger partial charge in [0.2, 0.25) is 11.8 Å². The third-order valence-electron chi connectivity index (χ3n) is 11.9. The highest BCUT2D eigenvalue weighted by atomic mass is 19.1. The van der Waals surface area contributed by atoms with Gasteiger partial charge in [-0.2, -0.15) is 0 Å². The van der Waals surface area contributed by atoms with E-state index < -0.39 is 17.8 Å². The molecule has 4 aliphatic rings. The van der Waals surface area contributed by atoms with E-state index in [-0.39, 0.29) is 43.0 Å². The standard InChI is InChI=1S/C44H46FN3O5/c45-32-25-37(39-27-48(44(52)38(39)26-32)40-16-17-41(50)46-43(40)51)29-18-21-47(22-19-29)20-4-5-23-53-34-12-8-30(9-13-34)42-35(28-6-2-1-3-7-28)14-10-31-24-33(49)11-15-36(31)42/h1-3,6-9,11-13,15,24-26,29,35,40,42,49H,4-5,10,14,16-23,27H2,(H,46,50,51)/t35-,40?,42+/m0/s1. The molecule has 3 atom stereocenters. The number of ether oxygens (including phenoxy) is 1. The van der Waals surface area contributed by atoms with Gasteiger partial charge in [0, 0.05) is 24.4 Å². The normalized spacial score (nSPS) is 22.0. The third-order valence-corrected chi connectivity index (χ3v) is 11.9. The minimum Gasteiger partial charge on any atom is -0.508 e. The van der Waals surface area contributed by atoms with E-state index in [4.69, 9.17) is 4.74 Å². The van der Waals surface area contributed by atoms with Gasteiger partial charge in [-0.25, -0.2) is 4.39 Å². The predicted molar refractivity (Wildman–Crippen MR) is 199 cm³/mol. The molecule has 2 fully saturated rings. The Labute approximate surface area is 310 Å². The zero-order valence-electron chi connectivity index (χ0n) is 29.9. The molecule has 1 unspecified atom stereocenters. The molecule has 2 N–H and O–H groups in total. The Balaban J connectivity index is 0.823. The van der Waals surface area contributed by atoms with E-state index >= 15 is 0 Å². The molecule has 0 spiro atoms. The third kappa shape index (κ3) is 7.32. The molecular formula is C44H46FN3O5. The van der Waals surface area contributed by atoms with Gasteiger partial charge in [-0.05, 0) is 146 Å². The SMILES string of the molecule is O=C1CCC(N2Cc3c(cc(F)cc3C3CCN(CCCCOc4ccc([C@H]5c6ccc(O)cc6CC[C@H]5c5ccccc5)cc4)CC3)C2=O)C(=O)N1. The number of benzene rings is 4. The molecule has 4 aromatic rings. The highest BCUT2D eigenvalue weighted by Gasteiger charge is 2.41. The second-order valence-corrected chi connectivity index (χ2v) is 15.1. The Morgan fingerprint density at radius 3 is 2.38 bits per heavy atom. The van der Waals surface area contributed by atoms with Crippen LogP contribution in [0.25, 0.3) is 0 Å². The average Bonchev–Trinajstić information content (AvgIpc) is 3.49. The van der Waals surface area contributed by atoms with Crippen molar-refractivity contribution in [1.29, 1.82) is 0 Å². The van der Waals surface area contributed by atoms with Gasteiger partial charge in [0.15, 0.2) is 0 Å². The van der Waals surface area contributed by atoms with E-state index in [1.54, 1.807) is 12.1 Å². The lowest BCUT2D eigenvalue weighted by Gasteiger charge is -2.35. The van der Waals surface area contributed by atoms with Gasteiger partial charge in [0.05, 0.1) is 6.61 Å². The Hall–Kier alpha value is -5.02. The summed E-state index contributed by atoms with van der Waals surface area (Å²) in [6.45, 7) is 3.68. The molecule has 0 radical (unpaired) electrons. The molecule has 0 saturated carbocycles. The quantitative estimate of drug-likeness (QED) is 0.133. The summed E-state index contributed by atoms with van der Waals surface area (Å²) in [6.07, 6.45) is 6.16. The summed E-state index contributed by atoms with van der Waals surface area (Å²) in [4.78, 5) is 41.4. The van der Waals surface area contributed by atoms with Gasteiger partial charge in [-0.1, -0.05) is 48.5 Å². The smallest absolute Gasteiger partial charge is 0.255 e. The van der Waals surface area contributed by atoms with Crippen LogP contribution in [0.3, 0.4) is 0 Å². The number of carbonyl (C=O) groups excluding carboxylic acids is 3. The van der Waals surface area contributed by atoms with Crippen LogP contribution in [0, 0.1) is 5.82 Å². The molecule has 2 saturated heterocycles. The Morgan fingerprint density at radius 1 is 0.811 bits per heavy atom. The summed E-state index contributed by atoms with van der Waals surface area (Å²) in [5.74, 6) is 0.360. The first-order valence-electron chi connectivity index (χ1n) is 19.1. The van der Waals surface area contributed by atoms with Gasteiger partial charge in [0.1, 0.15) is 23.4 Å². The molecule has 8 rings (SSSR count). The van der Waals surface area contributed by atoms with Crippen molar-refractivity contribution in [2.24, 2.45) is 0 Å². The van der Waals surface area contributed by atoms with Crippen molar-refractivity contribution in [3.05, 3.63) is 130 Å². The molecule has 3 aliphatic heterocycles. The van der Waals surface area contributed by atoms with Crippen LogP contribution < -0.4 is 10.1 Å². The minimum atomic E-state index is -0.710. The maximum atomic E-state index is 14.8. The number of phenols is 1. The number of halogens is 1. The predicted octanol–water partition coefficient (Wildman–Crippen LogP) is 7.19. The van der Waals surface area contributed by atoms with Crippen molar-refractivity contribution in [3.8, 4) is 11.5 Å². The van der Waals surface area contributed by atoms with Crippen LogP contribution in [0.15, 0.2) is 84.9 Å². The van der Waals surface area contributed by atoms with E-state index in [1.165, 1.54) is 33.2 Å². The summed E-state index contributed by atoms with van der Waals surface area (Å²) in [7, 11) is 0. The van der Waals surface area contributed by atoms with Crippen LogP contribution in [0.1, 0.15) is 106 Å². The van der Waals surface area contributed by atoms with Gasteiger partial charge < -0.3 is 19.6 Å². The first-order chi connectivity index (χ1) is 25.8. The van der Waals surface area contributed by atoms with E-state index in [0.29, 0.717) is 23.8 Å². The number of likely N-dealkylation sites (tertiary alicyclic amines) is 1. The lowest BCUT2D eigenvalue weighted by atomic mass is 9.69. The zero-order valence-corrected chi connectivity index (χ0v) is 29.9. The Morgan fingerprint density at radius 2 is 1.60 bits per heavy atom. The number of nitrogens with one attached hydrogen (secondary N) is 1. The summed E-state index contributed by atoms with van der Waals surface area (Å²) in [5, 5.41) is 12.5. The van der Waals surface area contributed by atoms with Crippen molar-refractivity contribution >= 4 is 17.7 Å². The van der Waals surface area contributed by atoms with E-state index in [2.05, 4.69) is 70.9 Å². The number of imide groups is 1. The first-order valence-corrected chi connectivity index (χ1v) is 19.1. The first kappa shape index (κ1) is 35.0. The van der Waals surface area contributed by atoms with E-state index in [0.717, 1.165) is 75.0 Å². The fourth-order valence-electron chi connectivity index (χ4n) is 9.16. The second kappa shape index (κ2) is 15.1. The van der Waals surface area contributed by atoms with E-state index in [9.17, 15) is 23.9 Å². The zero-order chi connectivity index (χ0) is 36.5. The average molecular weight is 716 g/mol. The topological polar surface area (TPSA) is 99.2 Å². The molecule has 274 valence electrons. The molecular weight excluding hydrogens is 669 g/mol.